The average Bonchev–Trinajstić information content (AvgIpc) is 3.25. The third-order valence-electron chi connectivity index (χ3n) is 4.40. The van der Waals surface area contributed by atoms with Crippen LogP contribution < -0.4 is 20.7 Å². The summed E-state index contributed by atoms with van der Waals surface area (Å²) in [7, 11) is 1.58. The van der Waals surface area contributed by atoms with E-state index in [1.165, 1.54) is 0 Å². The maximum atomic E-state index is 12.1. The van der Waals surface area contributed by atoms with E-state index in [-0.39, 0.29) is 24.5 Å². The van der Waals surface area contributed by atoms with Crippen molar-refractivity contribution in [3.8, 4) is 5.75 Å². The van der Waals surface area contributed by atoms with Gasteiger partial charge in [-0.3, -0.25) is 9.59 Å². The number of hydrogen-bond donors (Lipinski definition) is 3. The van der Waals surface area contributed by atoms with E-state index in [0.29, 0.717) is 17.9 Å². The van der Waals surface area contributed by atoms with E-state index in [0.717, 1.165) is 30.9 Å². The molecule has 1 saturated heterocycles. The van der Waals surface area contributed by atoms with Gasteiger partial charge in [0.15, 0.2) is 0 Å². The number of carbonyl (C=O) groups is 2. The third kappa shape index (κ3) is 5.72. The van der Waals surface area contributed by atoms with Crippen molar-refractivity contribution in [2.75, 3.05) is 37.4 Å². The molecular weight excluding hydrogens is 358 g/mol. The van der Waals surface area contributed by atoms with Gasteiger partial charge < -0.3 is 25.4 Å². The van der Waals surface area contributed by atoms with Crippen molar-refractivity contribution in [2.45, 2.75) is 18.9 Å². The highest BCUT2D eigenvalue weighted by atomic mass is 16.5. The van der Waals surface area contributed by atoms with Crippen LogP contribution in [0.25, 0.3) is 0 Å². The van der Waals surface area contributed by atoms with Crippen LogP contribution in [-0.2, 0) is 9.53 Å². The molecule has 7 nitrogen and oxygen atoms in total. The van der Waals surface area contributed by atoms with Crippen LogP contribution in [0.5, 0.6) is 5.75 Å². The molecular formula is C21H25N3O4. The molecule has 2 aromatic carbocycles. The summed E-state index contributed by atoms with van der Waals surface area (Å²) in [5, 5.41) is 8.43. The van der Waals surface area contributed by atoms with Crippen molar-refractivity contribution in [2.24, 2.45) is 0 Å². The normalized spacial score (nSPS) is 15.7. The first-order valence-corrected chi connectivity index (χ1v) is 9.34. The molecule has 7 heteroatoms. The zero-order valence-electron chi connectivity index (χ0n) is 15.9. The summed E-state index contributed by atoms with van der Waals surface area (Å²) in [4.78, 5) is 23.7. The number of rotatable bonds is 8. The lowest BCUT2D eigenvalue weighted by molar-refractivity contribution is -0.114. The highest BCUT2D eigenvalue weighted by molar-refractivity contribution is 5.96. The minimum Gasteiger partial charge on any atom is -0.491 e. The second-order valence-corrected chi connectivity index (χ2v) is 6.53. The Morgan fingerprint density at radius 2 is 1.96 bits per heavy atom. The molecule has 0 spiro atoms. The van der Waals surface area contributed by atoms with Gasteiger partial charge >= 0.3 is 0 Å². The first-order valence-electron chi connectivity index (χ1n) is 9.34. The molecule has 1 fully saturated rings. The average molecular weight is 383 g/mol. The molecule has 3 N–H and O–H groups in total. The maximum absolute atomic E-state index is 12.1. The second-order valence-electron chi connectivity index (χ2n) is 6.53. The predicted molar refractivity (Wildman–Crippen MR) is 108 cm³/mol. The van der Waals surface area contributed by atoms with E-state index in [1.54, 1.807) is 31.3 Å². The van der Waals surface area contributed by atoms with Crippen molar-refractivity contribution in [3.63, 3.8) is 0 Å². The molecule has 0 aliphatic carbocycles. The Morgan fingerprint density at radius 3 is 2.68 bits per heavy atom. The van der Waals surface area contributed by atoms with Crippen LogP contribution in [0.1, 0.15) is 23.2 Å². The van der Waals surface area contributed by atoms with E-state index in [4.69, 9.17) is 9.47 Å². The number of carbonyl (C=O) groups excluding carboxylic acids is 2. The summed E-state index contributed by atoms with van der Waals surface area (Å²) in [5.41, 5.74) is 1.97. The summed E-state index contributed by atoms with van der Waals surface area (Å²) in [5.74, 6) is 0.394. The van der Waals surface area contributed by atoms with Crippen LogP contribution in [0.15, 0.2) is 48.5 Å². The number of hydrogen-bond acceptors (Lipinski definition) is 5. The lowest BCUT2D eigenvalue weighted by Crippen LogP contribution is -2.22. The quantitative estimate of drug-likeness (QED) is 0.652. The van der Waals surface area contributed by atoms with Gasteiger partial charge in [0.1, 0.15) is 12.4 Å². The van der Waals surface area contributed by atoms with Gasteiger partial charge in [-0.2, -0.15) is 0 Å². The fourth-order valence-corrected chi connectivity index (χ4v) is 2.90. The van der Waals surface area contributed by atoms with Crippen molar-refractivity contribution in [1.82, 2.24) is 5.32 Å². The standard InChI is InChI=1S/C21H25N3O4/c1-22-21(26)15-7-9-16(10-8-15)24-20(25)13-23-17-4-2-5-18(12-17)28-14-19-6-3-11-27-19/h2,4-5,7-10,12,19,23H,3,6,11,13-14H2,1H3,(H,22,26)(H,24,25). The third-order valence-corrected chi connectivity index (χ3v) is 4.40. The zero-order valence-corrected chi connectivity index (χ0v) is 15.9. The molecule has 1 aliphatic rings. The molecule has 148 valence electrons. The Labute approximate surface area is 164 Å². The van der Waals surface area contributed by atoms with Gasteiger partial charge in [-0.15, -0.1) is 0 Å². The van der Waals surface area contributed by atoms with E-state index in [1.807, 2.05) is 24.3 Å². The Balaban J connectivity index is 1.46. The number of anilines is 2. The van der Waals surface area contributed by atoms with Gasteiger partial charge in [0.05, 0.1) is 12.6 Å². The first kappa shape index (κ1) is 19.7. The monoisotopic (exact) mass is 383 g/mol. The highest BCUT2D eigenvalue weighted by Crippen LogP contribution is 2.19. The van der Waals surface area contributed by atoms with Crippen LogP contribution in [0.3, 0.4) is 0 Å². The summed E-state index contributed by atoms with van der Waals surface area (Å²) in [6.07, 6.45) is 2.28. The first-order chi connectivity index (χ1) is 13.6. The molecule has 2 aromatic rings. The molecule has 3 rings (SSSR count). The molecule has 0 radical (unpaired) electrons. The molecule has 1 aliphatic heterocycles. The van der Waals surface area contributed by atoms with E-state index in [2.05, 4.69) is 16.0 Å². The Hall–Kier alpha value is -3.06. The summed E-state index contributed by atoms with van der Waals surface area (Å²) >= 11 is 0. The Morgan fingerprint density at radius 1 is 1.14 bits per heavy atom. The minimum absolute atomic E-state index is 0.117. The van der Waals surface area contributed by atoms with Crippen molar-refractivity contribution in [3.05, 3.63) is 54.1 Å². The fraction of sp³-hybridized carbons (Fsp3) is 0.333. The summed E-state index contributed by atoms with van der Waals surface area (Å²) in [6, 6.07) is 14.2. The molecule has 0 bridgehead atoms. The van der Waals surface area contributed by atoms with Gasteiger partial charge in [-0.1, -0.05) is 6.07 Å². The van der Waals surface area contributed by atoms with E-state index < -0.39 is 0 Å². The topological polar surface area (TPSA) is 88.7 Å². The minimum atomic E-state index is -0.182. The number of ether oxygens (including phenoxy) is 2. The van der Waals surface area contributed by atoms with E-state index in [9.17, 15) is 9.59 Å². The largest absolute Gasteiger partial charge is 0.491 e. The van der Waals surface area contributed by atoms with Crippen LogP contribution in [0, 0.1) is 0 Å². The van der Waals surface area contributed by atoms with Crippen LogP contribution in [0.4, 0.5) is 11.4 Å². The SMILES string of the molecule is CNC(=O)c1ccc(NC(=O)CNc2cccc(OCC3CCCO3)c2)cc1. The van der Waals surface area contributed by atoms with Crippen molar-refractivity contribution < 1.29 is 19.1 Å². The van der Waals surface area contributed by atoms with Gasteiger partial charge in [0.2, 0.25) is 5.91 Å². The molecule has 1 heterocycles. The highest BCUT2D eigenvalue weighted by Gasteiger charge is 2.16. The van der Waals surface area contributed by atoms with Crippen LogP contribution in [0.2, 0.25) is 0 Å². The van der Waals surface area contributed by atoms with E-state index >= 15 is 0 Å². The lowest BCUT2D eigenvalue weighted by Gasteiger charge is -2.13. The summed E-state index contributed by atoms with van der Waals surface area (Å²) < 4.78 is 11.3. The van der Waals surface area contributed by atoms with Crippen LogP contribution >= 0.6 is 0 Å². The predicted octanol–water partition coefficient (Wildman–Crippen LogP) is 2.65. The molecule has 1 atom stereocenters. The van der Waals surface area contributed by atoms with Crippen molar-refractivity contribution in [1.29, 1.82) is 0 Å². The number of amides is 2. The zero-order chi connectivity index (χ0) is 19.8. The van der Waals surface area contributed by atoms with Crippen molar-refractivity contribution >= 4 is 23.2 Å². The molecule has 1 unspecified atom stereocenters. The summed E-state index contributed by atoms with van der Waals surface area (Å²) in [6.45, 7) is 1.46. The molecule has 0 saturated carbocycles. The fourth-order valence-electron chi connectivity index (χ4n) is 2.90. The smallest absolute Gasteiger partial charge is 0.251 e. The molecule has 28 heavy (non-hydrogen) atoms. The maximum Gasteiger partial charge on any atom is 0.251 e. The number of benzene rings is 2. The van der Waals surface area contributed by atoms with Gasteiger partial charge in [0, 0.05) is 36.7 Å². The molecule has 2 amide bonds. The lowest BCUT2D eigenvalue weighted by atomic mass is 10.2. The molecule has 0 aromatic heterocycles. The Bertz CT molecular complexity index is 802. The van der Waals surface area contributed by atoms with Gasteiger partial charge in [-0.05, 0) is 49.2 Å². The Kier molecular flexibility index (Phi) is 6.86. The van der Waals surface area contributed by atoms with Gasteiger partial charge in [-0.25, -0.2) is 0 Å². The van der Waals surface area contributed by atoms with Gasteiger partial charge in [0.25, 0.3) is 5.91 Å². The number of nitrogens with one attached hydrogen (secondary N) is 3. The second kappa shape index (κ2) is 9.75. The van der Waals surface area contributed by atoms with Crippen LogP contribution in [-0.4, -0.2) is 44.7 Å².